The molecule has 10 heavy (non-hydrogen) atoms. The first-order chi connectivity index (χ1) is 4.45. The molecule has 0 fully saturated rings. The highest BCUT2D eigenvalue weighted by Crippen LogP contribution is 1.97. The summed E-state index contributed by atoms with van der Waals surface area (Å²) < 4.78 is 0. The van der Waals surface area contributed by atoms with Crippen LogP contribution >= 0.6 is 0 Å². The zero-order valence-electron chi connectivity index (χ0n) is 7.41. The quantitative estimate of drug-likeness (QED) is 0.617. The van der Waals surface area contributed by atoms with E-state index in [0.717, 1.165) is 12.2 Å². The number of likely N-dealkylation sites (N-methyl/N-ethyl adjacent to an activating group) is 1. The number of hydrogen-bond donors (Lipinski definition) is 2. The molecule has 0 aromatic rings. The van der Waals surface area contributed by atoms with Gasteiger partial charge >= 0.3 is 0 Å². The van der Waals surface area contributed by atoms with E-state index in [1.165, 1.54) is 0 Å². The van der Waals surface area contributed by atoms with Crippen molar-refractivity contribution in [1.29, 1.82) is 0 Å². The fourth-order valence-electron chi connectivity index (χ4n) is 0.460. The van der Waals surface area contributed by atoms with E-state index in [1.54, 1.807) is 0 Å². The van der Waals surface area contributed by atoms with Gasteiger partial charge in [0.15, 0.2) is 0 Å². The molecule has 0 aliphatic heterocycles. The smallest absolute Gasteiger partial charge is 0.0352 e. The van der Waals surface area contributed by atoms with Crippen LogP contribution in [0.4, 0.5) is 0 Å². The zero-order valence-corrected chi connectivity index (χ0v) is 7.41. The van der Waals surface area contributed by atoms with E-state index in [9.17, 15) is 0 Å². The van der Waals surface area contributed by atoms with Crippen molar-refractivity contribution in [3.8, 4) is 0 Å². The lowest BCUT2D eigenvalue weighted by molar-refractivity contribution is 0.440. The van der Waals surface area contributed by atoms with Crippen molar-refractivity contribution in [1.82, 2.24) is 10.6 Å². The first-order valence-electron chi connectivity index (χ1n) is 3.56. The molecule has 0 aromatic carbocycles. The van der Waals surface area contributed by atoms with E-state index >= 15 is 0 Å². The predicted molar refractivity (Wildman–Crippen MR) is 46.0 cm³/mol. The zero-order chi connectivity index (χ0) is 8.20. The molecular weight excluding hydrogens is 124 g/mol. The molecule has 0 saturated heterocycles. The molecule has 60 valence electrons. The monoisotopic (exact) mass is 142 g/mol. The molecule has 0 bridgehead atoms. The Hall–Kier alpha value is -0.500. The van der Waals surface area contributed by atoms with E-state index in [2.05, 4.69) is 38.0 Å². The van der Waals surface area contributed by atoms with Crippen molar-refractivity contribution in [2.24, 2.45) is 0 Å². The van der Waals surface area contributed by atoms with Gasteiger partial charge in [0, 0.05) is 24.8 Å². The van der Waals surface area contributed by atoms with Crippen LogP contribution in [0.15, 0.2) is 12.3 Å². The average molecular weight is 142 g/mol. The minimum Gasteiger partial charge on any atom is -0.391 e. The van der Waals surface area contributed by atoms with Gasteiger partial charge in [0.25, 0.3) is 0 Å². The maximum Gasteiger partial charge on any atom is 0.0352 e. The highest BCUT2D eigenvalue weighted by atomic mass is 15.0. The molecule has 0 saturated carbocycles. The molecule has 0 atom stereocenters. The Morgan fingerprint density at radius 2 is 1.90 bits per heavy atom. The van der Waals surface area contributed by atoms with Gasteiger partial charge < -0.3 is 10.6 Å². The summed E-state index contributed by atoms with van der Waals surface area (Å²) >= 11 is 0. The Labute approximate surface area is 63.7 Å². The molecule has 2 N–H and O–H groups in total. The topological polar surface area (TPSA) is 24.1 Å². The van der Waals surface area contributed by atoms with Gasteiger partial charge in [-0.25, -0.2) is 0 Å². The molecule has 0 radical (unpaired) electrons. The fourth-order valence-corrected chi connectivity index (χ4v) is 0.460. The van der Waals surface area contributed by atoms with Crippen LogP contribution in [-0.4, -0.2) is 19.1 Å². The predicted octanol–water partition coefficient (Wildman–Crippen LogP) is 1.11. The largest absolute Gasteiger partial charge is 0.391 e. The summed E-state index contributed by atoms with van der Waals surface area (Å²) in [4.78, 5) is 0. The maximum atomic E-state index is 3.80. The Morgan fingerprint density at radius 1 is 1.40 bits per heavy atom. The van der Waals surface area contributed by atoms with E-state index in [1.807, 2.05) is 7.05 Å². The highest BCUT2D eigenvalue weighted by Gasteiger charge is 2.07. The lowest BCUT2D eigenvalue weighted by Gasteiger charge is -2.21. The third kappa shape index (κ3) is 5.63. The molecule has 0 heterocycles. The second-order valence-electron chi connectivity index (χ2n) is 3.46. The normalized spacial score (nSPS) is 11.2. The third-order valence-electron chi connectivity index (χ3n) is 1.19. The van der Waals surface area contributed by atoms with Crippen LogP contribution in [0, 0.1) is 0 Å². The van der Waals surface area contributed by atoms with Crippen molar-refractivity contribution in [3.05, 3.63) is 12.3 Å². The molecular formula is C8H18N2. The van der Waals surface area contributed by atoms with Crippen LogP contribution in [0.3, 0.4) is 0 Å². The summed E-state index contributed by atoms with van der Waals surface area (Å²) in [5.74, 6) is 0. The number of nitrogens with one attached hydrogen (secondary N) is 2. The Kier molecular flexibility index (Phi) is 3.43. The lowest BCUT2D eigenvalue weighted by atomic mass is 10.1. The molecule has 0 rings (SSSR count). The summed E-state index contributed by atoms with van der Waals surface area (Å²) in [6, 6.07) is 0. The summed E-state index contributed by atoms with van der Waals surface area (Å²) in [6.07, 6.45) is 0. The van der Waals surface area contributed by atoms with Crippen molar-refractivity contribution in [2.75, 3.05) is 13.6 Å². The summed E-state index contributed by atoms with van der Waals surface area (Å²) in [5.41, 5.74) is 1.20. The van der Waals surface area contributed by atoms with Gasteiger partial charge in [0.05, 0.1) is 0 Å². The third-order valence-corrected chi connectivity index (χ3v) is 1.19. The molecule has 2 nitrogen and oxygen atoms in total. The molecule has 0 aliphatic carbocycles. The van der Waals surface area contributed by atoms with Gasteiger partial charge in [-0.15, -0.1) is 0 Å². The standard InChI is InChI=1S/C8H18N2/c1-7(9-5)6-10-8(2,3)4/h9-10H,1,6H2,2-5H3. The van der Waals surface area contributed by atoms with Gasteiger partial charge in [0.1, 0.15) is 0 Å². The van der Waals surface area contributed by atoms with Crippen molar-refractivity contribution >= 4 is 0 Å². The van der Waals surface area contributed by atoms with Gasteiger partial charge in [-0.05, 0) is 20.8 Å². The molecule has 2 heteroatoms. The molecule has 0 amide bonds. The van der Waals surface area contributed by atoms with E-state index in [4.69, 9.17) is 0 Å². The van der Waals surface area contributed by atoms with Crippen LogP contribution in [-0.2, 0) is 0 Å². The lowest BCUT2D eigenvalue weighted by Crippen LogP contribution is -2.38. The van der Waals surface area contributed by atoms with Crippen molar-refractivity contribution < 1.29 is 0 Å². The average Bonchev–Trinajstić information content (AvgIpc) is 1.81. The van der Waals surface area contributed by atoms with E-state index < -0.39 is 0 Å². The van der Waals surface area contributed by atoms with Crippen LogP contribution in [0.5, 0.6) is 0 Å². The van der Waals surface area contributed by atoms with Gasteiger partial charge in [-0.1, -0.05) is 6.58 Å². The second-order valence-corrected chi connectivity index (χ2v) is 3.46. The Bertz CT molecular complexity index is 111. The number of hydrogen-bond acceptors (Lipinski definition) is 2. The molecule has 0 aromatic heterocycles. The summed E-state index contributed by atoms with van der Waals surface area (Å²) in [6.45, 7) is 11.0. The minimum atomic E-state index is 0.180. The van der Waals surface area contributed by atoms with E-state index in [0.29, 0.717) is 0 Å². The van der Waals surface area contributed by atoms with Crippen LogP contribution in [0.1, 0.15) is 20.8 Å². The minimum absolute atomic E-state index is 0.180. The van der Waals surface area contributed by atoms with Crippen molar-refractivity contribution in [3.63, 3.8) is 0 Å². The Balaban J connectivity index is 3.46. The van der Waals surface area contributed by atoms with Gasteiger partial charge in [-0.2, -0.15) is 0 Å². The fraction of sp³-hybridized carbons (Fsp3) is 0.750. The SMILES string of the molecule is C=C(CNC(C)(C)C)NC. The van der Waals surface area contributed by atoms with Gasteiger partial charge in [0.2, 0.25) is 0 Å². The summed E-state index contributed by atoms with van der Waals surface area (Å²) in [7, 11) is 1.88. The molecule has 0 aliphatic rings. The number of rotatable bonds is 3. The maximum absolute atomic E-state index is 3.80. The van der Waals surface area contributed by atoms with Crippen LogP contribution in [0.2, 0.25) is 0 Å². The van der Waals surface area contributed by atoms with Crippen LogP contribution in [0.25, 0.3) is 0 Å². The van der Waals surface area contributed by atoms with Crippen molar-refractivity contribution in [2.45, 2.75) is 26.3 Å². The van der Waals surface area contributed by atoms with Gasteiger partial charge in [-0.3, -0.25) is 0 Å². The second kappa shape index (κ2) is 3.62. The Morgan fingerprint density at radius 3 is 2.20 bits per heavy atom. The van der Waals surface area contributed by atoms with Crippen LogP contribution < -0.4 is 10.6 Å². The highest BCUT2D eigenvalue weighted by molar-refractivity contribution is 4.93. The van der Waals surface area contributed by atoms with E-state index in [-0.39, 0.29) is 5.54 Å². The molecule has 0 spiro atoms. The molecule has 0 unspecified atom stereocenters. The summed E-state index contributed by atoms with van der Waals surface area (Å²) in [5, 5.41) is 6.29. The first kappa shape index (κ1) is 9.50. The first-order valence-corrected chi connectivity index (χ1v) is 3.56.